The van der Waals surface area contributed by atoms with E-state index >= 15 is 0 Å². The van der Waals surface area contributed by atoms with Crippen molar-refractivity contribution in [2.75, 3.05) is 14.2 Å². The van der Waals surface area contributed by atoms with Crippen LogP contribution in [0.25, 0.3) is 0 Å². The monoisotopic (exact) mass is 276 g/mol. The summed E-state index contributed by atoms with van der Waals surface area (Å²) >= 11 is 0. The molecule has 0 fully saturated rings. The third-order valence-corrected chi connectivity index (χ3v) is 3.28. The highest BCUT2D eigenvalue weighted by atomic mass is 16.7. The van der Waals surface area contributed by atoms with Crippen molar-refractivity contribution in [2.45, 2.75) is 5.79 Å². The molecule has 1 unspecified atom stereocenters. The summed E-state index contributed by atoms with van der Waals surface area (Å²) in [6.07, 6.45) is 4.38. The zero-order valence-corrected chi connectivity index (χ0v) is 11.2. The average Bonchev–Trinajstić information content (AvgIpc) is 2.47. The van der Waals surface area contributed by atoms with Crippen LogP contribution in [0.1, 0.15) is 10.4 Å². The first-order valence-corrected chi connectivity index (χ1v) is 6.06. The van der Waals surface area contributed by atoms with Crippen LogP contribution in [0.15, 0.2) is 48.3 Å². The minimum absolute atomic E-state index is 0.117. The van der Waals surface area contributed by atoms with Crippen molar-refractivity contribution in [3.63, 3.8) is 0 Å². The fourth-order valence-corrected chi connectivity index (χ4v) is 2.08. The second-order valence-electron chi connectivity index (χ2n) is 4.42. The number of aliphatic hydroxyl groups is 1. The first-order chi connectivity index (χ1) is 9.53. The van der Waals surface area contributed by atoms with Crippen molar-refractivity contribution in [2.24, 2.45) is 5.92 Å². The molecule has 106 valence electrons. The van der Waals surface area contributed by atoms with Gasteiger partial charge in [0.25, 0.3) is 0 Å². The molecule has 0 aliphatic heterocycles. The molecular formula is C15H16O5. The van der Waals surface area contributed by atoms with Crippen molar-refractivity contribution in [3.05, 3.63) is 53.8 Å². The molecule has 0 saturated carbocycles. The molecule has 2 N–H and O–H groups in total. The van der Waals surface area contributed by atoms with Crippen LogP contribution in [0, 0.1) is 5.92 Å². The van der Waals surface area contributed by atoms with Gasteiger partial charge in [0.2, 0.25) is 5.79 Å². The van der Waals surface area contributed by atoms with Gasteiger partial charge in [-0.15, -0.1) is 0 Å². The largest absolute Gasteiger partial charge is 0.511 e. The van der Waals surface area contributed by atoms with Crippen LogP contribution in [0.3, 0.4) is 0 Å². The van der Waals surface area contributed by atoms with E-state index in [1.165, 1.54) is 38.5 Å². The van der Waals surface area contributed by atoms with Gasteiger partial charge in [0.1, 0.15) is 11.5 Å². The van der Waals surface area contributed by atoms with Gasteiger partial charge in [0.05, 0.1) is 11.5 Å². The molecule has 20 heavy (non-hydrogen) atoms. The molecule has 0 saturated heterocycles. The Kier molecular flexibility index (Phi) is 3.92. The molecule has 0 bridgehead atoms. The van der Waals surface area contributed by atoms with E-state index in [1.807, 2.05) is 0 Å². The molecule has 0 radical (unpaired) electrons. The Morgan fingerprint density at radius 2 is 1.85 bits per heavy atom. The number of aromatic hydroxyl groups is 1. The topological polar surface area (TPSA) is 76.0 Å². The van der Waals surface area contributed by atoms with Crippen molar-refractivity contribution < 1.29 is 24.5 Å². The summed E-state index contributed by atoms with van der Waals surface area (Å²) in [5.41, 5.74) is 0.157. The first-order valence-electron chi connectivity index (χ1n) is 6.06. The second kappa shape index (κ2) is 5.48. The standard InChI is InChI=1S/C15H16O5/c1-19-15(20-2)8-7-11(13(17)9-15)14(18)10-5-3-4-6-12(10)16/h3-9,11,16-17H,1-2H3. The molecule has 1 aromatic rings. The van der Waals surface area contributed by atoms with Crippen LogP contribution in [-0.2, 0) is 9.47 Å². The number of hydrogen-bond acceptors (Lipinski definition) is 5. The van der Waals surface area contributed by atoms with Crippen molar-refractivity contribution in [3.8, 4) is 5.75 Å². The van der Waals surface area contributed by atoms with E-state index in [-0.39, 0.29) is 17.1 Å². The third kappa shape index (κ3) is 2.45. The second-order valence-corrected chi connectivity index (χ2v) is 4.42. The number of methoxy groups -OCH3 is 2. The Morgan fingerprint density at radius 1 is 1.20 bits per heavy atom. The van der Waals surface area contributed by atoms with Gasteiger partial charge in [-0.05, 0) is 18.2 Å². The van der Waals surface area contributed by atoms with E-state index in [0.717, 1.165) is 0 Å². The number of allylic oxidation sites excluding steroid dienone is 1. The van der Waals surface area contributed by atoms with Crippen LogP contribution >= 0.6 is 0 Å². The molecule has 2 rings (SSSR count). The average molecular weight is 276 g/mol. The Labute approximate surface area is 116 Å². The summed E-state index contributed by atoms with van der Waals surface area (Å²) in [6.45, 7) is 0. The number of rotatable bonds is 4. The van der Waals surface area contributed by atoms with Gasteiger partial charge in [-0.25, -0.2) is 0 Å². The lowest BCUT2D eigenvalue weighted by molar-refractivity contribution is -0.136. The maximum Gasteiger partial charge on any atom is 0.211 e. The van der Waals surface area contributed by atoms with E-state index < -0.39 is 17.5 Å². The van der Waals surface area contributed by atoms with E-state index in [4.69, 9.17) is 9.47 Å². The lowest BCUT2D eigenvalue weighted by Crippen LogP contribution is -2.33. The maximum absolute atomic E-state index is 12.3. The highest BCUT2D eigenvalue weighted by Crippen LogP contribution is 2.30. The number of carbonyl (C=O) groups is 1. The van der Waals surface area contributed by atoms with Gasteiger partial charge >= 0.3 is 0 Å². The lowest BCUT2D eigenvalue weighted by Gasteiger charge is -2.29. The van der Waals surface area contributed by atoms with Crippen molar-refractivity contribution in [1.29, 1.82) is 0 Å². The fourth-order valence-electron chi connectivity index (χ4n) is 2.08. The fraction of sp³-hybridized carbons (Fsp3) is 0.267. The molecule has 0 spiro atoms. The molecule has 0 aromatic heterocycles. The number of ketones is 1. The number of benzene rings is 1. The van der Waals surface area contributed by atoms with E-state index in [0.29, 0.717) is 0 Å². The van der Waals surface area contributed by atoms with Crippen LogP contribution in [-0.4, -0.2) is 36.0 Å². The van der Waals surface area contributed by atoms with E-state index in [2.05, 4.69) is 0 Å². The van der Waals surface area contributed by atoms with Crippen molar-refractivity contribution >= 4 is 5.78 Å². The third-order valence-electron chi connectivity index (χ3n) is 3.28. The van der Waals surface area contributed by atoms with Crippen LogP contribution in [0.2, 0.25) is 0 Å². The molecule has 0 heterocycles. The van der Waals surface area contributed by atoms with Gasteiger partial charge in [-0.1, -0.05) is 18.2 Å². The van der Waals surface area contributed by atoms with Gasteiger partial charge in [-0.3, -0.25) is 4.79 Å². The van der Waals surface area contributed by atoms with Gasteiger partial charge in [0, 0.05) is 20.3 Å². The first kappa shape index (κ1) is 14.3. The van der Waals surface area contributed by atoms with Gasteiger partial charge < -0.3 is 19.7 Å². The van der Waals surface area contributed by atoms with Crippen molar-refractivity contribution in [1.82, 2.24) is 0 Å². The Hall–Kier alpha value is -2.11. The summed E-state index contributed by atoms with van der Waals surface area (Å²) in [5.74, 6) is -2.71. The van der Waals surface area contributed by atoms with Crippen LogP contribution < -0.4 is 0 Å². The summed E-state index contributed by atoms with van der Waals surface area (Å²) in [6, 6.07) is 6.21. The number of para-hydroxylation sites is 1. The SMILES string of the molecule is COC1(OC)C=CC(C(=O)c2ccccc2O)C(O)=C1. The van der Waals surface area contributed by atoms with E-state index in [1.54, 1.807) is 18.2 Å². The van der Waals surface area contributed by atoms with Crippen LogP contribution in [0.4, 0.5) is 0 Å². The molecule has 5 heteroatoms. The molecule has 0 amide bonds. The Morgan fingerprint density at radius 3 is 2.40 bits per heavy atom. The van der Waals surface area contributed by atoms with Gasteiger partial charge in [0.15, 0.2) is 5.78 Å². The highest BCUT2D eigenvalue weighted by Gasteiger charge is 2.34. The normalized spacial score (nSPS) is 20.5. The number of aliphatic hydroxyl groups excluding tert-OH is 1. The highest BCUT2D eigenvalue weighted by molar-refractivity contribution is 6.02. The molecule has 1 atom stereocenters. The minimum Gasteiger partial charge on any atom is -0.511 e. The summed E-state index contributed by atoms with van der Waals surface area (Å²) < 4.78 is 10.3. The number of ether oxygens (including phenoxy) is 2. The van der Waals surface area contributed by atoms with Gasteiger partial charge in [-0.2, -0.15) is 0 Å². The predicted molar refractivity (Wildman–Crippen MR) is 72.5 cm³/mol. The maximum atomic E-state index is 12.3. The molecule has 1 aliphatic rings. The van der Waals surface area contributed by atoms with E-state index in [9.17, 15) is 15.0 Å². The number of phenols is 1. The predicted octanol–water partition coefficient (Wildman–Crippen LogP) is 2.19. The summed E-state index contributed by atoms with van der Waals surface area (Å²) in [4.78, 5) is 12.3. The number of hydrogen-bond donors (Lipinski definition) is 2. The smallest absolute Gasteiger partial charge is 0.211 e. The lowest BCUT2D eigenvalue weighted by atomic mass is 9.90. The van der Waals surface area contributed by atoms with Crippen LogP contribution in [0.5, 0.6) is 5.75 Å². The number of Topliss-reactive ketones (excluding diaryl/α,β-unsaturated/α-hetero) is 1. The Bertz CT molecular complexity index is 569. The number of phenolic OH excluding ortho intramolecular Hbond substituents is 1. The molecule has 5 nitrogen and oxygen atoms in total. The molecule has 1 aliphatic carbocycles. The Balaban J connectivity index is 2.31. The summed E-state index contributed by atoms with van der Waals surface area (Å²) in [5, 5.41) is 19.7. The summed E-state index contributed by atoms with van der Waals surface area (Å²) in [7, 11) is 2.87. The molecular weight excluding hydrogens is 260 g/mol. The number of carbonyl (C=O) groups excluding carboxylic acids is 1. The minimum atomic E-state index is -1.17. The molecule has 1 aromatic carbocycles. The quantitative estimate of drug-likeness (QED) is 0.501. The zero-order chi connectivity index (χ0) is 14.8. The zero-order valence-electron chi connectivity index (χ0n) is 11.2.